The third-order valence-electron chi connectivity index (χ3n) is 8.54. The molecule has 2 N–H and O–H groups in total. The van der Waals surface area contributed by atoms with Gasteiger partial charge in [-0.05, 0) is 56.7 Å². The summed E-state index contributed by atoms with van der Waals surface area (Å²) in [4.78, 5) is 35.2. The van der Waals surface area contributed by atoms with Gasteiger partial charge in [-0.2, -0.15) is 9.65 Å². The van der Waals surface area contributed by atoms with Crippen LogP contribution in [0.25, 0.3) is 28.0 Å². The molecule has 0 spiro atoms. The van der Waals surface area contributed by atoms with Gasteiger partial charge in [0.2, 0.25) is 11.7 Å². The van der Waals surface area contributed by atoms with Gasteiger partial charge in [0.1, 0.15) is 17.3 Å². The molecule has 1 aromatic carbocycles. The molecule has 2 aromatic heterocycles. The maximum atomic E-state index is 15.3. The van der Waals surface area contributed by atoms with Crippen LogP contribution in [-0.4, -0.2) is 56.7 Å². The molecule has 0 unspecified atom stereocenters. The number of carbonyl (C=O) groups excluding carboxylic acids is 1. The number of aromatic nitrogens is 2. The Bertz CT molecular complexity index is 1980. The monoisotopic (exact) mass is 686 g/mol. The van der Waals surface area contributed by atoms with Gasteiger partial charge in [0.15, 0.2) is 17.4 Å². The van der Waals surface area contributed by atoms with Crippen LogP contribution in [0.2, 0.25) is 10.0 Å². The molecule has 2 aliphatic rings. The molecule has 1 fully saturated rings. The van der Waals surface area contributed by atoms with Crippen molar-refractivity contribution < 1.29 is 23.1 Å². The average Bonchev–Trinajstić information content (AvgIpc) is 3.02. The Hall–Kier alpha value is -4.47. The third kappa shape index (κ3) is 5.41. The van der Waals surface area contributed by atoms with Crippen LogP contribution >= 0.6 is 23.2 Å². The first-order valence-corrected chi connectivity index (χ1v) is 15.5. The number of nitrogens with one attached hydrogen (secondary N) is 1. The minimum Gasteiger partial charge on any atom is -0.504 e. The fourth-order valence-corrected chi connectivity index (χ4v) is 6.98. The molecule has 14 heteroatoms. The summed E-state index contributed by atoms with van der Waals surface area (Å²) >= 11 is 12.8. The molecule has 47 heavy (non-hydrogen) atoms. The number of allylic oxidation sites excluding steroid dienone is 2. The molecular formula is C33H31Cl2F3N6O3. The number of halogens is 5. The van der Waals surface area contributed by atoms with Crippen molar-refractivity contribution in [1.29, 1.82) is 5.26 Å². The lowest BCUT2D eigenvalue weighted by atomic mass is 9.94. The smallest absolute Gasteiger partial charge is 0.276 e. The molecule has 4 heterocycles. The number of pyridine rings is 2. The summed E-state index contributed by atoms with van der Waals surface area (Å²) in [6.07, 6.45) is 4.70. The van der Waals surface area contributed by atoms with E-state index in [2.05, 4.69) is 22.9 Å². The van der Waals surface area contributed by atoms with E-state index in [1.807, 2.05) is 27.7 Å². The van der Waals surface area contributed by atoms with Gasteiger partial charge in [0.25, 0.3) is 5.56 Å². The number of phenolic OH excluding ortho intramolecular Hbond substituents is 1. The van der Waals surface area contributed by atoms with Crippen LogP contribution in [0.1, 0.15) is 40.2 Å². The van der Waals surface area contributed by atoms with Crippen molar-refractivity contribution >= 4 is 51.5 Å². The second-order valence-electron chi connectivity index (χ2n) is 12.0. The number of aromatic hydroxyl groups is 1. The van der Waals surface area contributed by atoms with E-state index in [4.69, 9.17) is 23.2 Å². The first-order valence-electron chi connectivity index (χ1n) is 14.7. The number of rotatable bonds is 5. The first kappa shape index (κ1) is 33.9. The van der Waals surface area contributed by atoms with Crippen molar-refractivity contribution in [3.8, 4) is 23.1 Å². The van der Waals surface area contributed by atoms with E-state index in [0.29, 0.717) is 11.3 Å². The quantitative estimate of drug-likeness (QED) is 0.183. The number of carbonyl (C=O) groups is 1. The lowest BCUT2D eigenvalue weighted by Crippen LogP contribution is -2.58. The standard InChI is InChI=1S/C33H31Cl2F3N6O3/c1-7-21(45)43-16(5)12-42(13-17(43)6)30-18-10-20(34)28(22-23(35)31(46)26(38)25(37)24(22)36)41-32(18)44(33(47)19(30)11-39)29-15(4)8-9-40-27(29)14(2)3/h7-10,14,16-17,27,40,46H,1,12-13H2,2-6H3/t16-,17+,27-/m1/s1. The molecule has 0 radical (unpaired) electrons. The number of hydrogen-bond donors (Lipinski definition) is 2. The molecule has 1 amide bonds. The van der Waals surface area contributed by atoms with Crippen molar-refractivity contribution in [3.05, 3.63) is 80.0 Å². The summed E-state index contributed by atoms with van der Waals surface area (Å²) in [6.45, 7) is 13.3. The van der Waals surface area contributed by atoms with Gasteiger partial charge in [-0.25, -0.2) is 13.8 Å². The first-order chi connectivity index (χ1) is 22.2. The van der Waals surface area contributed by atoms with E-state index in [-0.39, 0.29) is 64.3 Å². The highest BCUT2D eigenvalue weighted by Crippen LogP contribution is 2.44. The molecule has 0 bridgehead atoms. The van der Waals surface area contributed by atoms with Crippen molar-refractivity contribution in [2.75, 3.05) is 18.0 Å². The number of amides is 1. The number of fused-ring (bicyclic) bond motifs is 1. The molecule has 3 aromatic rings. The van der Waals surface area contributed by atoms with Crippen molar-refractivity contribution in [2.45, 2.75) is 52.7 Å². The minimum atomic E-state index is -1.99. The molecule has 5 rings (SSSR count). The zero-order valence-corrected chi connectivity index (χ0v) is 27.6. The summed E-state index contributed by atoms with van der Waals surface area (Å²) in [5, 5.41) is 22.9. The molecule has 246 valence electrons. The number of nitrogens with zero attached hydrogens (tertiary/aromatic N) is 5. The number of nitriles is 1. The van der Waals surface area contributed by atoms with E-state index >= 15 is 4.39 Å². The van der Waals surface area contributed by atoms with E-state index < -0.39 is 51.1 Å². The largest absolute Gasteiger partial charge is 0.504 e. The average molecular weight is 688 g/mol. The number of benzene rings is 1. The molecule has 1 saturated heterocycles. The highest BCUT2D eigenvalue weighted by atomic mass is 35.5. The molecule has 0 aliphatic carbocycles. The van der Waals surface area contributed by atoms with Crippen LogP contribution in [0.5, 0.6) is 5.75 Å². The van der Waals surface area contributed by atoms with Crippen LogP contribution in [-0.2, 0) is 4.79 Å². The van der Waals surface area contributed by atoms with E-state index in [9.17, 15) is 28.7 Å². The van der Waals surface area contributed by atoms with Crippen LogP contribution in [0, 0.1) is 34.7 Å². The zero-order chi connectivity index (χ0) is 34.6. The van der Waals surface area contributed by atoms with Gasteiger partial charge in [0, 0.05) is 30.6 Å². The molecule has 3 atom stereocenters. The number of piperazine rings is 1. The molecular weight excluding hydrogens is 656 g/mol. The van der Waals surface area contributed by atoms with Gasteiger partial charge in [-0.1, -0.05) is 43.6 Å². The normalized spacial score (nSPS) is 19.7. The minimum absolute atomic E-state index is 0.0731. The van der Waals surface area contributed by atoms with Gasteiger partial charge in [0.05, 0.1) is 38.7 Å². The Morgan fingerprint density at radius 1 is 1.19 bits per heavy atom. The summed E-state index contributed by atoms with van der Waals surface area (Å²) in [6, 6.07) is 2.24. The van der Waals surface area contributed by atoms with Crippen LogP contribution in [0.3, 0.4) is 0 Å². The van der Waals surface area contributed by atoms with Gasteiger partial charge in [-0.15, -0.1) is 0 Å². The summed E-state index contributed by atoms with van der Waals surface area (Å²) < 4.78 is 45.4. The van der Waals surface area contributed by atoms with Crippen molar-refractivity contribution in [1.82, 2.24) is 19.8 Å². The Labute approximate surface area is 278 Å². The van der Waals surface area contributed by atoms with E-state index in [1.165, 1.54) is 16.7 Å². The maximum Gasteiger partial charge on any atom is 0.276 e. The highest BCUT2D eigenvalue weighted by molar-refractivity contribution is 6.37. The van der Waals surface area contributed by atoms with Crippen molar-refractivity contribution in [3.63, 3.8) is 0 Å². The van der Waals surface area contributed by atoms with Gasteiger partial charge in [-0.3, -0.25) is 14.2 Å². The van der Waals surface area contributed by atoms with Gasteiger partial charge >= 0.3 is 0 Å². The Kier molecular flexibility index (Phi) is 9.10. The zero-order valence-electron chi connectivity index (χ0n) is 26.1. The highest BCUT2D eigenvalue weighted by Gasteiger charge is 2.37. The van der Waals surface area contributed by atoms with Gasteiger partial charge < -0.3 is 20.2 Å². The Morgan fingerprint density at radius 3 is 2.40 bits per heavy atom. The fraction of sp³-hybridized carbons (Fsp3) is 0.333. The van der Waals surface area contributed by atoms with Crippen molar-refractivity contribution in [2.24, 2.45) is 5.92 Å². The second-order valence-corrected chi connectivity index (χ2v) is 12.8. The molecule has 9 nitrogen and oxygen atoms in total. The van der Waals surface area contributed by atoms with Crippen LogP contribution < -0.4 is 15.8 Å². The molecule has 0 saturated carbocycles. The number of dihydropyridines is 1. The summed E-state index contributed by atoms with van der Waals surface area (Å²) in [5.74, 6) is -7.31. The Morgan fingerprint density at radius 2 is 1.83 bits per heavy atom. The lowest BCUT2D eigenvalue weighted by Gasteiger charge is -2.45. The fourth-order valence-electron chi connectivity index (χ4n) is 6.48. The molecule has 2 aliphatic heterocycles. The predicted octanol–water partition coefficient (Wildman–Crippen LogP) is 6.35. The van der Waals surface area contributed by atoms with Crippen LogP contribution in [0.4, 0.5) is 18.9 Å². The third-order valence-corrected chi connectivity index (χ3v) is 9.20. The SMILES string of the molecule is C=CC(=O)N1[C@H](C)CN(c2c(C#N)c(=O)n(C3=C(C)C=CN[C@@H]3C(C)C)c3nc(-c4c(F)c(F)c(F)c(O)c4Cl)c(Cl)cc23)C[C@@H]1C. The van der Waals surface area contributed by atoms with E-state index in [0.717, 1.165) is 0 Å². The predicted molar refractivity (Wildman–Crippen MR) is 176 cm³/mol. The maximum absolute atomic E-state index is 15.3. The van der Waals surface area contributed by atoms with Crippen LogP contribution in [0.15, 0.2) is 41.4 Å². The van der Waals surface area contributed by atoms with E-state index in [1.54, 1.807) is 29.0 Å². The summed E-state index contributed by atoms with van der Waals surface area (Å²) in [7, 11) is 0. The number of phenols is 1. The summed E-state index contributed by atoms with van der Waals surface area (Å²) in [5.41, 5.74) is -1.03. The lowest BCUT2D eigenvalue weighted by molar-refractivity contribution is -0.130. The topological polar surface area (TPSA) is 114 Å². The second kappa shape index (κ2) is 12.6. The number of hydrogen-bond acceptors (Lipinski definition) is 7. The number of anilines is 1. The Balaban J connectivity index is 1.92.